The van der Waals surface area contributed by atoms with E-state index in [2.05, 4.69) is 165 Å². The molecule has 0 atom stereocenters. The van der Waals surface area contributed by atoms with Crippen LogP contribution >= 0.6 is 0 Å². The molecule has 246 valence electrons. The Morgan fingerprint density at radius 2 is 1.23 bits per heavy atom. The summed E-state index contributed by atoms with van der Waals surface area (Å²) in [5.74, 6) is 1.13. The molecule has 5 aromatic carbocycles. The van der Waals surface area contributed by atoms with E-state index in [-0.39, 0.29) is 11.0 Å². The van der Waals surface area contributed by atoms with Gasteiger partial charge in [0, 0.05) is 5.54 Å². The number of hydrogen-bond acceptors (Lipinski definition) is 1. The third-order valence-corrected chi connectivity index (χ3v) is 16.1. The second-order valence-corrected chi connectivity index (χ2v) is 23.3. The van der Waals surface area contributed by atoms with Gasteiger partial charge >= 0.3 is 0 Å². The van der Waals surface area contributed by atoms with Gasteiger partial charge in [0.25, 0.3) is 0 Å². The van der Waals surface area contributed by atoms with Crippen LogP contribution in [0, 0.1) is 20.8 Å². The van der Waals surface area contributed by atoms with Gasteiger partial charge in [-0.15, -0.1) is 0 Å². The zero-order valence-corrected chi connectivity index (χ0v) is 32.9. The smallest absolute Gasteiger partial charge is 0.122 e. The van der Waals surface area contributed by atoms with E-state index in [4.69, 9.17) is 4.74 Å². The zero-order valence-electron chi connectivity index (χ0n) is 30.7. The van der Waals surface area contributed by atoms with E-state index in [0.717, 1.165) is 5.75 Å². The average Bonchev–Trinajstić information content (AvgIpc) is 3.36. The number of aryl methyl sites for hydroxylation is 3. The molecule has 0 aliphatic heterocycles. The Morgan fingerprint density at radius 3 is 1.67 bits per heavy atom. The Labute approximate surface area is 292 Å². The summed E-state index contributed by atoms with van der Waals surface area (Å²) < 4.78 is 6.86. The molecular formula is C45H52OSi2. The van der Waals surface area contributed by atoms with Gasteiger partial charge in [-0.05, 0) is 81.4 Å². The van der Waals surface area contributed by atoms with Gasteiger partial charge in [-0.1, -0.05) is 172 Å². The fourth-order valence-electron chi connectivity index (χ4n) is 8.28. The van der Waals surface area contributed by atoms with Gasteiger partial charge in [0.05, 0.1) is 16.9 Å². The van der Waals surface area contributed by atoms with Crippen molar-refractivity contribution in [1.29, 1.82) is 0 Å². The monoisotopic (exact) mass is 664 g/mol. The van der Waals surface area contributed by atoms with E-state index in [1.807, 2.05) is 6.08 Å². The van der Waals surface area contributed by atoms with Crippen LogP contribution in [0.4, 0.5) is 0 Å². The van der Waals surface area contributed by atoms with Gasteiger partial charge in [0.2, 0.25) is 0 Å². The molecule has 6 rings (SSSR count). The second kappa shape index (κ2) is 12.8. The summed E-state index contributed by atoms with van der Waals surface area (Å²) in [6, 6.07) is 34.8. The fraction of sp³-hybridized carbons (Fsp3) is 0.289. The van der Waals surface area contributed by atoms with Crippen LogP contribution in [0.2, 0.25) is 26.2 Å². The molecular weight excluding hydrogens is 613 g/mol. The van der Waals surface area contributed by atoms with Crippen LogP contribution in [0.1, 0.15) is 59.7 Å². The molecule has 0 aromatic heterocycles. The van der Waals surface area contributed by atoms with Crippen LogP contribution in [-0.2, 0) is 5.41 Å². The molecule has 48 heavy (non-hydrogen) atoms. The third-order valence-electron chi connectivity index (χ3n) is 10.3. The second-order valence-electron chi connectivity index (χ2n) is 15.9. The number of fused-ring (bicyclic) bond motifs is 3. The molecule has 5 aromatic rings. The highest BCUT2D eigenvalue weighted by Crippen LogP contribution is 2.51. The quantitative estimate of drug-likeness (QED) is 0.118. The Balaban J connectivity index is 1.65. The van der Waals surface area contributed by atoms with Crippen molar-refractivity contribution in [2.24, 2.45) is 0 Å². The lowest BCUT2D eigenvalue weighted by Crippen LogP contribution is -2.51. The highest BCUT2D eigenvalue weighted by atomic mass is 28.3. The van der Waals surface area contributed by atoms with Gasteiger partial charge < -0.3 is 4.74 Å². The minimum absolute atomic E-state index is 0.0451. The molecule has 1 aliphatic carbocycles. The van der Waals surface area contributed by atoms with Crippen molar-refractivity contribution < 1.29 is 4.74 Å². The minimum Gasteiger partial charge on any atom is -0.489 e. The van der Waals surface area contributed by atoms with E-state index in [1.54, 1.807) is 5.19 Å². The Bertz CT molecular complexity index is 1930. The number of rotatable bonds is 8. The third kappa shape index (κ3) is 6.08. The van der Waals surface area contributed by atoms with Crippen molar-refractivity contribution in [3.63, 3.8) is 0 Å². The summed E-state index contributed by atoms with van der Waals surface area (Å²) in [7, 11) is -3.52. The summed E-state index contributed by atoms with van der Waals surface area (Å²) >= 11 is 0. The minimum atomic E-state index is -2.36. The molecule has 1 aliphatic rings. The van der Waals surface area contributed by atoms with E-state index in [9.17, 15) is 0 Å². The largest absolute Gasteiger partial charge is 0.489 e. The summed E-state index contributed by atoms with van der Waals surface area (Å²) in [5, 5.41) is 2.99. The standard InChI is InChI=1S/C45H52OSi2/c1-12-23-46-42-40(26-31(4)43(47(8)9)41(42)45(5,6)7)48(10,11)44-38-27-34(32-17-13-15-29(2)24-32)19-21-36(38)37-22-20-35(28-39(37)44)33-18-14-16-30(3)25-33/h12-22,24-28,44,47H,1,23H2,2-11H3. The molecule has 0 bridgehead atoms. The van der Waals surface area contributed by atoms with Gasteiger partial charge in [0.15, 0.2) is 0 Å². The molecule has 0 heterocycles. The van der Waals surface area contributed by atoms with E-state index in [1.165, 1.54) is 71.9 Å². The fourth-order valence-corrected chi connectivity index (χ4v) is 14.1. The van der Waals surface area contributed by atoms with Gasteiger partial charge in [-0.2, -0.15) is 0 Å². The number of hydrogen-bond donors (Lipinski definition) is 0. The first-order valence-corrected chi connectivity index (χ1v) is 23.5. The van der Waals surface area contributed by atoms with Crippen molar-refractivity contribution in [2.75, 3.05) is 6.61 Å². The van der Waals surface area contributed by atoms with E-state index < -0.39 is 16.9 Å². The van der Waals surface area contributed by atoms with Gasteiger partial charge in [-0.25, -0.2) is 0 Å². The van der Waals surface area contributed by atoms with Crippen molar-refractivity contribution in [2.45, 2.75) is 78.7 Å². The number of benzene rings is 5. The number of ether oxygens (including phenoxy) is 1. The maximum absolute atomic E-state index is 6.86. The normalized spacial score (nSPS) is 13.1. The summed E-state index contributed by atoms with van der Waals surface area (Å²) in [5.41, 5.74) is 16.4. The Kier molecular flexibility index (Phi) is 9.08. The maximum atomic E-state index is 6.86. The van der Waals surface area contributed by atoms with E-state index in [0.29, 0.717) is 6.61 Å². The molecule has 0 radical (unpaired) electrons. The zero-order chi connectivity index (χ0) is 34.5. The first kappa shape index (κ1) is 34.0. The predicted molar refractivity (Wildman–Crippen MR) is 215 cm³/mol. The van der Waals surface area contributed by atoms with Gasteiger partial charge in [-0.3, -0.25) is 0 Å². The molecule has 1 nitrogen and oxygen atoms in total. The van der Waals surface area contributed by atoms with Crippen molar-refractivity contribution in [3.05, 3.63) is 137 Å². The van der Waals surface area contributed by atoms with Crippen molar-refractivity contribution >= 4 is 27.2 Å². The molecule has 0 spiro atoms. The first-order chi connectivity index (χ1) is 22.7. The molecule has 3 heteroatoms. The van der Waals surface area contributed by atoms with Crippen LogP contribution in [0.25, 0.3) is 33.4 Å². The summed E-state index contributed by atoms with van der Waals surface area (Å²) in [6.07, 6.45) is 1.90. The van der Waals surface area contributed by atoms with Crippen molar-refractivity contribution in [3.8, 4) is 39.1 Å². The SMILES string of the molecule is C=CCOc1c([Si](C)(C)C2c3cc(-c4cccc(C)c4)ccc3-c3ccc(-c4cccc(C)c4)cc32)cc(C)c([SiH](C)C)c1C(C)(C)C. The van der Waals surface area contributed by atoms with E-state index >= 15 is 0 Å². The highest BCUT2D eigenvalue weighted by Gasteiger charge is 2.45. The topological polar surface area (TPSA) is 9.23 Å². The Hall–Kier alpha value is -3.93. The van der Waals surface area contributed by atoms with Crippen LogP contribution in [-0.4, -0.2) is 23.5 Å². The predicted octanol–water partition coefficient (Wildman–Crippen LogP) is 10.8. The van der Waals surface area contributed by atoms with Crippen molar-refractivity contribution in [1.82, 2.24) is 0 Å². The molecule has 0 saturated heterocycles. The average molecular weight is 665 g/mol. The highest BCUT2D eigenvalue weighted by molar-refractivity contribution is 6.92. The molecule has 0 unspecified atom stereocenters. The molecule has 0 fully saturated rings. The van der Waals surface area contributed by atoms with Crippen LogP contribution in [0.5, 0.6) is 5.75 Å². The lowest BCUT2D eigenvalue weighted by molar-refractivity contribution is 0.354. The molecule has 0 amide bonds. The Morgan fingerprint density at radius 1 is 0.729 bits per heavy atom. The van der Waals surface area contributed by atoms with Gasteiger partial charge in [0.1, 0.15) is 12.4 Å². The van der Waals surface area contributed by atoms with Crippen LogP contribution in [0.3, 0.4) is 0 Å². The van der Waals surface area contributed by atoms with Crippen LogP contribution in [0.15, 0.2) is 104 Å². The molecule has 0 saturated carbocycles. The molecule has 0 N–H and O–H groups in total. The summed E-state index contributed by atoms with van der Waals surface area (Å²) in [4.78, 5) is 0. The van der Waals surface area contributed by atoms with Crippen LogP contribution < -0.4 is 15.1 Å². The summed E-state index contributed by atoms with van der Waals surface area (Å²) in [6.45, 7) is 28.5. The maximum Gasteiger partial charge on any atom is 0.122 e. The first-order valence-electron chi connectivity index (χ1n) is 17.6. The lowest BCUT2D eigenvalue weighted by atomic mass is 9.85. The lowest BCUT2D eigenvalue weighted by Gasteiger charge is -2.38.